The van der Waals surface area contributed by atoms with Crippen molar-refractivity contribution in [1.82, 2.24) is 0 Å². The first-order chi connectivity index (χ1) is 0. The Morgan fingerprint density at radius 2 is 0.800 bits per heavy atom. The van der Waals surface area contributed by atoms with Gasteiger partial charge in [-0.05, 0) is 0 Å². The van der Waals surface area contributed by atoms with Crippen molar-refractivity contribution in [2.45, 2.75) is 0 Å². The second kappa shape index (κ2) is 48.0. The molecule has 0 aromatic rings. The molecule has 32 valence electrons. The molecule has 0 saturated carbocycles. The summed E-state index contributed by atoms with van der Waals surface area (Å²) >= 11 is 0. The molecule has 0 amide bonds. The van der Waals surface area contributed by atoms with E-state index in [1.165, 1.54) is 0 Å². The summed E-state index contributed by atoms with van der Waals surface area (Å²) in [6.07, 6.45) is 0. The molecular weight excluding hydrogens is 170 g/mol. The Labute approximate surface area is 64.3 Å². The third kappa shape index (κ3) is 29.2. The van der Waals surface area contributed by atoms with Crippen molar-refractivity contribution in [3.8, 4) is 0 Å². The maximum atomic E-state index is 0. The maximum absolute atomic E-state index is 0. The van der Waals surface area contributed by atoms with Crippen molar-refractivity contribution >= 4 is 12.4 Å². The van der Waals surface area contributed by atoms with Crippen molar-refractivity contribution in [3.63, 3.8) is 0 Å². The molecule has 0 aromatic heterocycles. The molecule has 0 bridgehead atoms. The van der Waals surface area contributed by atoms with Gasteiger partial charge >= 0.3 is 21.7 Å². The molecule has 0 rings (SSSR count). The summed E-state index contributed by atoms with van der Waals surface area (Å²) < 4.78 is 0. The van der Waals surface area contributed by atoms with E-state index in [9.17, 15) is 0 Å². The Hall–Kier alpha value is 1.54. The number of halogens is 3. The molecule has 0 aromatic carbocycles. The van der Waals surface area contributed by atoms with Crippen LogP contribution >= 0.6 is 12.4 Å². The van der Waals surface area contributed by atoms with Crippen LogP contribution in [0, 0.1) is 0 Å². The summed E-state index contributed by atoms with van der Waals surface area (Å²) in [7, 11) is 0. The van der Waals surface area contributed by atoms with E-state index in [1.54, 1.807) is 0 Å². The van der Waals surface area contributed by atoms with Gasteiger partial charge in [-0.25, -0.2) is 0 Å². The van der Waals surface area contributed by atoms with Gasteiger partial charge in [0.1, 0.15) is 0 Å². The number of hydrogen-bond acceptors (Lipinski definition) is 0. The van der Waals surface area contributed by atoms with E-state index >= 15 is 0 Å². The zero-order valence-electron chi connectivity index (χ0n) is 2.07. The molecule has 0 aliphatic carbocycles. The largest absolute Gasteiger partial charge is 4.00 e. The van der Waals surface area contributed by atoms with Crippen LogP contribution < -0.4 is 24.8 Å². The van der Waals surface area contributed by atoms with Crippen LogP contribution in [0.4, 0.5) is 0 Å². The standard InChI is InChI=1S/3ClH.O.Ti/h3*1H;;/q;;;-2;+4/p-2. The van der Waals surface area contributed by atoms with Crippen LogP contribution in [0.1, 0.15) is 0 Å². The molecule has 5 heteroatoms. The van der Waals surface area contributed by atoms with E-state index in [0.29, 0.717) is 0 Å². The Kier molecular flexibility index (Phi) is 810. The molecule has 0 N–H and O–H groups in total. The Morgan fingerprint density at radius 3 is 0.800 bits per heavy atom. The topological polar surface area (TPSA) is 28.5 Å². The molecule has 1 nitrogen and oxygen atoms in total. The third-order valence-corrected chi connectivity index (χ3v) is 0. The van der Waals surface area contributed by atoms with Crippen LogP contribution in [0.25, 0.3) is 0 Å². The van der Waals surface area contributed by atoms with Gasteiger partial charge < -0.3 is 30.3 Å². The van der Waals surface area contributed by atoms with Crippen molar-refractivity contribution in [3.05, 3.63) is 0 Å². The van der Waals surface area contributed by atoms with Gasteiger partial charge in [-0.2, -0.15) is 0 Å². The molecule has 0 unspecified atom stereocenters. The fourth-order valence-corrected chi connectivity index (χ4v) is 0. The molecule has 0 spiro atoms. The quantitative estimate of drug-likeness (QED) is 0.325. The van der Waals surface area contributed by atoms with Gasteiger partial charge in [0.15, 0.2) is 0 Å². The summed E-state index contributed by atoms with van der Waals surface area (Å²) in [5, 5.41) is 0. The van der Waals surface area contributed by atoms with Gasteiger partial charge in [-0.1, -0.05) is 0 Å². The molecule has 0 aliphatic heterocycles. The monoisotopic (exact) mass is 170 g/mol. The first-order valence-corrected chi connectivity index (χ1v) is 0. The van der Waals surface area contributed by atoms with Gasteiger partial charge in [0, 0.05) is 0 Å². The summed E-state index contributed by atoms with van der Waals surface area (Å²) in [5.74, 6) is 0. The zero-order chi connectivity index (χ0) is 0. The minimum Gasteiger partial charge on any atom is -2.00 e. The first kappa shape index (κ1) is 84.4. The van der Waals surface area contributed by atoms with E-state index in [-0.39, 0.29) is 64.4 Å². The maximum Gasteiger partial charge on any atom is 4.00 e. The minimum absolute atomic E-state index is 0. The van der Waals surface area contributed by atoms with Gasteiger partial charge in [-0.3, -0.25) is 0 Å². The van der Waals surface area contributed by atoms with Crippen LogP contribution in [0.15, 0.2) is 0 Å². The summed E-state index contributed by atoms with van der Waals surface area (Å²) in [6.45, 7) is 0. The van der Waals surface area contributed by atoms with Crippen LogP contribution in [-0.2, 0) is 27.2 Å². The van der Waals surface area contributed by atoms with Crippen LogP contribution in [0.5, 0.6) is 0 Å². The molecule has 5 heavy (non-hydrogen) atoms. The molecule has 0 atom stereocenters. The molecular formula is HCl3OTi. The smallest absolute Gasteiger partial charge is 2.00 e. The van der Waals surface area contributed by atoms with Crippen LogP contribution in [0.3, 0.4) is 0 Å². The normalized spacial score (nSPS) is 0. The molecule has 0 heterocycles. The van der Waals surface area contributed by atoms with Crippen molar-refractivity contribution in [2.24, 2.45) is 0 Å². The fourth-order valence-electron chi connectivity index (χ4n) is 0. The number of hydrogen-bond donors (Lipinski definition) is 0. The van der Waals surface area contributed by atoms with Crippen LogP contribution in [0.2, 0.25) is 0 Å². The van der Waals surface area contributed by atoms with E-state index in [2.05, 4.69) is 0 Å². The summed E-state index contributed by atoms with van der Waals surface area (Å²) in [5.41, 5.74) is 0. The zero-order valence-corrected chi connectivity index (χ0v) is 5.96. The second-order valence-electron chi connectivity index (χ2n) is 0. The SMILES string of the molecule is Cl.[Cl-].[Cl-].[O-2].[Ti+4]. The van der Waals surface area contributed by atoms with Gasteiger partial charge in [0.25, 0.3) is 0 Å². The van der Waals surface area contributed by atoms with Crippen LogP contribution in [-0.4, -0.2) is 0 Å². The molecule has 0 radical (unpaired) electrons. The van der Waals surface area contributed by atoms with E-state index < -0.39 is 0 Å². The molecule has 0 aliphatic rings. The Balaban J connectivity index is 0. The minimum atomic E-state index is 0. The Bertz CT molecular complexity index is 6.85. The fraction of sp³-hybridized carbons (Fsp3) is 0. The summed E-state index contributed by atoms with van der Waals surface area (Å²) in [6, 6.07) is 0. The van der Waals surface area contributed by atoms with E-state index in [4.69, 9.17) is 0 Å². The van der Waals surface area contributed by atoms with Crippen molar-refractivity contribution in [1.29, 1.82) is 0 Å². The first-order valence-electron chi connectivity index (χ1n) is 0. The second-order valence-corrected chi connectivity index (χ2v) is 0. The summed E-state index contributed by atoms with van der Waals surface area (Å²) in [4.78, 5) is 0. The van der Waals surface area contributed by atoms with Gasteiger partial charge in [0.05, 0.1) is 0 Å². The average molecular weight is 171 g/mol. The van der Waals surface area contributed by atoms with E-state index in [0.717, 1.165) is 0 Å². The van der Waals surface area contributed by atoms with E-state index in [1.807, 2.05) is 0 Å². The average Bonchev–Trinajstić information content (AvgIpc) is 0. The van der Waals surface area contributed by atoms with Gasteiger partial charge in [0.2, 0.25) is 0 Å². The molecule has 0 fully saturated rings. The Morgan fingerprint density at radius 1 is 0.800 bits per heavy atom. The van der Waals surface area contributed by atoms with Crippen molar-refractivity contribution < 1.29 is 52.0 Å². The number of rotatable bonds is 0. The predicted molar refractivity (Wildman–Crippen MR) is 7.93 cm³/mol. The van der Waals surface area contributed by atoms with Gasteiger partial charge in [-0.15, -0.1) is 12.4 Å². The molecule has 0 saturated heterocycles. The van der Waals surface area contributed by atoms with Crippen molar-refractivity contribution in [2.75, 3.05) is 0 Å². The third-order valence-electron chi connectivity index (χ3n) is 0. The predicted octanol–water partition coefficient (Wildman–Crippen LogP) is -5.69.